The van der Waals surface area contributed by atoms with Gasteiger partial charge in [0.15, 0.2) is 0 Å². The third-order valence-corrected chi connectivity index (χ3v) is 4.31. The first-order valence-corrected chi connectivity index (χ1v) is 9.28. The van der Waals surface area contributed by atoms with E-state index in [4.69, 9.17) is 4.42 Å². The summed E-state index contributed by atoms with van der Waals surface area (Å²) in [4.78, 5) is 26.6. The topological polar surface area (TPSA) is 62.6 Å². The van der Waals surface area contributed by atoms with E-state index < -0.39 is 0 Å². The van der Waals surface area contributed by atoms with Crippen LogP contribution in [-0.2, 0) is 11.3 Å². The van der Waals surface area contributed by atoms with E-state index >= 15 is 0 Å². The van der Waals surface area contributed by atoms with Crippen LogP contribution in [0, 0.1) is 19.7 Å². The van der Waals surface area contributed by atoms with E-state index in [1.165, 1.54) is 12.1 Å². The molecule has 0 aliphatic heterocycles. The van der Waals surface area contributed by atoms with Gasteiger partial charge in [-0.3, -0.25) is 9.59 Å². The molecule has 146 valence electrons. The zero-order chi connectivity index (χ0) is 19.8. The summed E-state index contributed by atoms with van der Waals surface area (Å²) in [6.07, 6.45) is 2.15. The largest absolute Gasteiger partial charge is 0.466 e. The first kappa shape index (κ1) is 20.7. The molecule has 1 heterocycles. The van der Waals surface area contributed by atoms with Crippen LogP contribution in [0.5, 0.6) is 0 Å². The Labute approximate surface area is 159 Å². The van der Waals surface area contributed by atoms with E-state index in [0.29, 0.717) is 30.2 Å². The van der Waals surface area contributed by atoms with E-state index in [9.17, 15) is 14.0 Å². The molecule has 0 unspecified atom stereocenters. The number of benzene rings is 1. The maximum Gasteiger partial charge on any atom is 0.257 e. The van der Waals surface area contributed by atoms with Crippen LogP contribution in [0.15, 0.2) is 34.7 Å². The number of carbonyl (C=O) groups is 2. The number of aryl methyl sites for hydroxylation is 2. The van der Waals surface area contributed by atoms with E-state index in [0.717, 1.165) is 18.4 Å². The van der Waals surface area contributed by atoms with Crippen LogP contribution in [-0.4, -0.2) is 29.8 Å². The Morgan fingerprint density at radius 3 is 2.48 bits per heavy atom. The lowest BCUT2D eigenvalue weighted by molar-refractivity contribution is -0.121. The third-order valence-electron chi connectivity index (χ3n) is 4.31. The molecule has 1 aromatic heterocycles. The highest BCUT2D eigenvalue weighted by molar-refractivity contribution is 5.95. The number of nitrogens with zero attached hydrogens (tertiary/aromatic N) is 1. The SMILES string of the molecule is CCCCNC(=O)CCN(Cc1ccc(F)cc1)C(=O)c1cc(C)oc1C. The van der Waals surface area contributed by atoms with Crippen molar-refractivity contribution in [2.45, 2.75) is 46.6 Å². The van der Waals surface area contributed by atoms with Crippen molar-refractivity contribution in [3.63, 3.8) is 0 Å². The fourth-order valence-corrected chi connectivity index (χ4v) is 2.81. The van der Waals surface area contributed by atoms with Crippen molar-refractivity contribution in [3.05, 3.63) is 58.8 Å². The second-order valence-electron chi connectivity index (χ2n) is 6.63. The number of rotatable bonds is 9. The van der Waals surface area contributed by atoms with Gasteiger partial charge >= 0.3 is 0 Å². The maximum atomic E-state index is 13.2. The molecule has 0 saturated heterocycles. The zero-order valence-electron chi connectivity index (χ0n) is 16.2. The van der Waals surface area contributed by atoms with Gasteiger partial charge in [0, 0.05) is 26.1 Å². The molecule has 2 aromatic rings. The number of halogens is 1. The lowest BCUT2D eigenvalue weighted by atomic mass is 10.1. The van der Waals surface area contributed by atoms with Crippen LogP contribution >= 0.6 is 0 Å². The Bertz CT molecular complexity index is 768. The second kappa shape index (κ2) is 9.90. The quantitative estimate of drug-likeness (QED) is 0.675. The minimum absolute atomic E-state index is 0.0829. The molecule has 1 N–H and O–H groups in total. The van der Waals surface area contributed by atoms with Gasteiger partial charge in [-0.2, -0.15) is 0 Å². The van der Waals surface area contributed by atoms with Gasteiger partial charge < -0.3 is 14.6 Å². The van der Waals surface area contributed by atoms with Crippen LogP contribution in [0.2, 0.25) is 0 Å². The molecule has 27 heavy (non-hydrogen) atoms. The number of carbonyl (C=O) groups excluding carboxylic acids is 2. The molecule has 1 aromatic carbocycles. The number of hydrogen-bond donors (Lipinski definition) is 1. The van der Waals surface area contributed by atoms with Gasteiger partial charge in [0.1, 0.15) is 17.3 Å². The van der Waals surface area contributed by atoms with Gasteiger partial charge in [-0.05, 0) is 44.0 Å². The van der Waals surface area contributed by atoms with Crippen molar-refractivity contribution in [3.8, 4) is 0 Å². The molecule has 0 bridgehead atoms. The first-order valence-electron chi connectivity index (χ1n) is 9.28. The summed E-state index contributed by atoms with van der Waals surface area (Å²) in [6.45, 7) is 6.80. The van der Waals surface area contributed by atoms with Crippen LogP contribution in [0.4, 0.5) is 4.39 Å². The number of unbranched alkanes of at least 4 members (excludes halogenated alkanes) is 1. The van der Waals surface area contributed by atoms with E-state index in [2.05, 4.69) is 12.2 Å². The second-order valence-corrected chi connectivity index (χ2v) is 6.63. The molecule has 0 atom stereocenters. The molecular formula is C21H27FN2O3. The monoisotopic (exact) mass is 374 g/mol. The molecule has 0 radical (unpaired) electrons. The fourth-order valence-electron chi connectivity index (χ4n) is 2.81. The highest BCUT2D eigenvalue weighted by Gasteiger charge is 2.21. The molecule has 0 aliphatic rings. The van der Waals surface area contributed by atoms with Gasteiger partial charge in [-0.15, -0.1) is 0 Å². The number of hydrogen-bond acceptors (Lipinski definition) is 3. The van der Waals surface area contributed by atoms with Crippen molar-refractivity contribution in [2.75, 3.05) is 13.1 Å². The Hall–Kier alpha value is -2.63. The zero-order valence-corrected chi connectivity index (χ0v) is 16.2. The predicted octanol–water partition coefficient (Wildman–Crippen LogP) is 3.98. The van der Waals surface area contributed by atoms with E-state index in [1.807, 2.05) is 0 Å². The van der Waals surface area contributed by atoms with E-state index in [1.54, 1.807) is 36.9 Å². The van der Waals surface area contributed by atoms with Gasteiger partial charge in [0.25, 0.3) is 5.91 Å². The third kappa shape index (κ3) is 6.24. The average Bonchev–Trinajstić information content (AvgIpc) is 2.98. The molecule has 2 rings (SSSR count). The van der Waals surface area contributed by atoms with Crippen molar-refractivity contribution < 1.29 is 18.4 Å². The number of furan rings is 1. The van der Waals surface area contributed by atoms with Crippen LogP contribution in [0.25, 0.3) is 0 Å². The Morgan fingerprint density at radius 2 is 1.89 bits per heavy atom. The van der Waals surface area contributed by atoms with Gasteiger partial charge in [-0.1, -0.05) is 25.5 Å². The van der Waals surface area contributed by atoms with Crippen LogP contribution in [0.3, 0.4) is 0 Å². The summed E-state index contributed by atoms with van der Waals surface area (Å²) in [6, 6.07) is 7.72. The standard InChI is InChI=1S/C21H27FN2O3/c1-4-5-11-23-20(25)10-12-24(14-17-6-8-18(22)9-7-17)21(26)19-13-15(2)27-16(19)3/h6-9,13H,4-5,10-12,14H2,1-3H3,(H,23,25). The van der Waals surface area contributed by atoms with Crippen molar-refractivity contribution in [1.29, 1.82) is 0 Å². The summed E-state index contributed by atoms with van der Waals surface area (Å²) in [5, 5.41) is 2.86. The number of amides is 2. The van der Waals surface area contributed by atoms with Crippen LogP contribution < -0.4 is 5.32 Å². The van der Waals surface area contributed by atoms with Crippen molar-refractivity contribution >= 4 is 11.8 Å². The lowest BCUT2D eigenvalue weighted by Crippen LogP contribution is -2.35. The predicted molar refractivity (Wildman–Crippen MR) is 102 cm³/mol. The van der Waals surface area contributed by atoms with Gasteiger partial charge in [0.2, 0.25) is 5.91 Å². The molecule has 0 saturated carbocycles. The average molecular weight is 374 g/mol. The number of nitrogens with one attached hydrogen (secondary N) is 1. The Balaban J connectivity index is 2.10. The minimum Gasteiger partial charge on any atom is -0.466 e. The summed E-state index contributed by atoms with van der Waals surface area (Å²) in [5.74, 6) is 0.604. The van der Waals surface area contributed by atoms with Gasteiger partial charge in [-0.25, -0.2) is 4.39 Å². The molecule has 2 amide bonds. The molecule has 5 nitrogen and oxygen atoms in total. The van der Waals surface area contributed by atoms with Crippen molar-refractivity contribution in [1.82, 2.24) is 10.2 Å². The smallest absolute Gasteiger partial charge is 0.257 e. The molecular weight excluding hydrogens is 347 g/mol. The van der Waals surface area contributed by atoms with Crippen LogP contribution in [0.1, 0.15) is 53.6 Å². The Kier molecular flexibility index (Phi) is 7.58. The Morgan fingerprint density at radius 1 is 1.19 bits per heavy atom. The highest BCUT2D eigenvalue weighted by atomic mass is 19.1. The lowest BCUT2D eigenvalue weighted by Gasteiger charge is -2.22. The molecule has 0 aliphatic carbocycles. The fraction of sp³-hybridized carbons (Fsp3) is 0.429. The van der Waals surface area contributed by atoms with Gasteiger partial charge in [0.05, 0.1) is 5.56 Å². The highest BCUT2D eigenvalue weighted by Crippen LogP contribution is 2.18. The maximum absolute atomic E-state index is 13.2. The normalized spacial score (nSPS) is 10.7. The summed E-state index contributed by atoms with van der Waals surface area (Å²) >= 11 is 0. The molecule has 6 heteroatoms. The minimum atomic E-state index is -0.326. The van der Waals surface area contributed by atoms with E-state index in [-0.39, 0.29) is 30.6 Å². The molecule has 0 spiro atoms. The summed E-state index contributed by atoms with van der Waals surface area (Å²) in [7, 11) is 0. The van der Waals surface area contributed by atoms with Crippen molar-refractivity contribution in [2.24, 2.45) is 0 Å². The summed E-state index contributed by atoms with van der Waals surface area (Å²) < 4.78 is 18.6. The molecule has 0 fully saturated rings. The first-order chi connectivity index (χ1) is 12.9. The summed E-state index contributed by atoms with van der Waals surface area (Å²) in [5.41, 5.74) is 1.29.